The lowest BCUT2D eigenvalue weighted by molar-refractivity contribution is 0.0750. The molecule has 3 atom stereocenters. The van der Waals surface area contributed by atoms with E-state index in [1.165, 1.54) is 11.6 Å². The van der Waals surface area contributed by atoms with Crippen molar-refractivity contribution in [3.05, 3.63) is 70.5 Å². The summed E-state index contributed by atoms with van der Waals surface area (Å²) in [6, 6.07) is 16.0. The molecule has 2 aliphatic heterocycles. The normalized spacial score (nSPS) is 28.6. The number of nitrogens with zero attached hydrogens (tertiary/aromatic N) is 1. The minimum absolute atomic E-state index is 0.0958. The van der Waals surface area contributed by atoms with Gasteiger partial charge in [-0.2, -0.15) is 0 Å². The van der Waals surface area contributed by atoms with E-state index >= 15 is 0 Å². The summed E-state index contributed by atoms with van der Waals surface area (Å²) in [4.78, 5) is 2.46. The van der Waals surface area contributed by atoms with Gasteiger partial charge < -0.3 is 5.11 Å². The molecule has 0 aromatic heterocycles. The van der Waals surface area contributed by atoms with E-state index in [2.05, 4.69) is 29.2 Å². The summed E-state index contributed by atoms with van der Waals surface area (Å²) in [5.41, 5.74) is 2.09. The van der Waals surface area contributed by atoms with Gasteiger partial charge in [-0.15, -0.1) is 0 Å². The SMILES string of the molecule is OC[C@@]1(Cc2ccccc2)C[C@H]2CC[C@@H]1N2Cc1cc(F)cc(Cl)c1. The lowest BCUT2D eigenvalue weighted by Gasteiger charge is -2.36. The molecule has 2 aromatic rings. The standard InChI is InChI=1S/C21H23ClFNO/c22-17-8-16(9-18(23)10-17)13-24-19-6-7-20(24)21(12-19,14-25)11-15-4-2-1-3-5-15/h1-5,8-10,19-20,25H,6-7,11-14H2/t19-,20+,21-/m1/s1. The van der Waals surface area contributed by atoms with Crippen LogP contribution in [0, 0.1) is 11.2 Å². The first-order valence-corrected chi connectivity index (χ1v) is 9.33. The minimum Gasteiger partial charge on any atom is -0.396 e. The molecule has 0 radical (unpaired) electrons. The Hall–Kier alpha value is -1.42. The molecule has 2 saturated heterocycles. The van der Waals surface area contributed by atoms with Crippen LogP contribution in [0.25, 0.3) is 0 Å². The van der Waals surface area contributed by atoms with Crippen LogP contribution < -0.4 is 0 Å². The Morgan fingerprint density at radius 3 is 2.64 bits per heavy atom. The monoisotopic (exact) mass is 359 g/mol. The molecular formula is C21H23ClFNO. The number of hydrogen-bond donors (Lipinski definition) is 1. The molecule has 2 fully saturated rings. The Kier molecular flexibility index (Phi) is 4.57. The fourth-order valence-corrected chi connectivity index (χ4v) is 5.23. The van der Waals surface area contributed by atoms with Crippen molar-refractivity contribution < 1.29 is 9.50 Å². The number of aliphatic hydroxyl groups is 1. The molecular weight excluding hydrogens is 337 g/mol. The molecule has 0 amide bonds. The molecule has 2 aromatic carbocycles. The number of aliphatic hydroxyl groups excluding tert-OH is 1. The van der Waals surface area contributed by atoms with Crippen LogP contribution in [-0.4, -0.2) is 28.7 Å². The number of halogens is 2. The van der Waals surface area contributed by atoms with E-state index in [-0.39, 0.29) is 17.8 Å². The van der Waals surface area contributed by atoms with Gasteiger partial charge in [-0.05, 0) is 55.0 Å². The molecule has 2 nitrogen and oxygen atoms in total. The van der Waals surface area contributed by atoms with Crippen molar-refractivity contribution in [3.8, 4) is 0 Å². The summed E-state index contributed by atoms with van der Waals surface area (Å²) in [5, 5.41) is 10.7. The quantitative estimate of drug-likeness (QED) is 0.853. The lowest BCUT2D eigenvalue weighted by Crippen LogP contribution is -2.41. The van der Waals surface area contributed by atoms with Gasteiger partial charge in [-0.25, -0.2) is 4.39 Å². The maximum atomic E-state index is 13.7. The second-order valence-electron chi connectivity index (χ2n) is 7.58. The van der Waals surface area contributed by atoms with Crippen molar-refractivity contribution >= 4 is 11.6 Å². The number of hydrogen-bond acceptors (Lipinski definition) is 2. The van der Waals surface area contributed by atoms with Crippen LogP contribution in [0.3, 0.4) is 0 Å². The molecule has 2 aliphatic rings. The first-order valence-electron chi connectivity index (χ1n) is 8.95. The first kappa shape index (κ1) is 17.0. The molecule has 0 unspecified atom stereocenters. The van der Waals surface area contributed by atoms with Gasteiger partial charge in [0.25, 0.3) is 0 Å². The zero-order valence-corrected chi connectivity index (χ0v) is 14.9. The third kappa shape index (κ3) is 3.21. The molecule has 4 rings (SSSR count). The van der Waals surface area contributed by atoms with E-state index in [4.69, 9.17) is 11.6 Å². The van der Waals surface area contributed by atoms with E-state index < -0.39 is 0 Å². The summed E-state index contributed by atoms with van der Waals surface area (Å²) in [7, 11) is 0. The van der Waals surface area contributed by atoms with Gasteiger partial charge in [0.15, 0.2) is 0 Å². The van der Waals surface area contributed by atoms with Gasteiger partial charge in [0.2, 0.25) is 0 Å². The highest BCUT2D eigenvalue weighted by molar-refractivity contribution is 6.30. The molecule has 4 heteroatoms. The molecule has 0 saturated carbocycles. The molecule has 0 aliphatic carbocycles. The number of benzene rings is 2. The zero-order chi connectivity index (χ0) is 17.4. The van der Waals surface area contributed by atoms with Crippen molar-refractivity contribution in [1.82, 2.24) is 4.90 Å². The highest BCUT2D eigenvalue weighted by Gasteiger charge is 2.55. The highest BCUT2D eigenvalue weighted by Crippen LogP contribution is 2.51. The average molecular weight is 360 g/mol. The smallest absolute Gasteiger partial charge is 0.125 e. The predicted octanol–water partition coefficient (Wildman–Crippen LogP) is 4.44. The number of rotatable bonds is 5. The summed E-state index contributed by atoms with van der Waals surface area (Å²) >= 11 is 6.02. The Morgan fingerprint density at radius 1 is 1.12 bits per heavy atom. The fourth-order valence-electron chi connectivity index (χ4n) is 4.99. The second-order valence-corrected chi connectivity index (χ2v) is 8.02. The van der Waals surface area contributed by atoms with Gasteiger partial charge in [0.05, 0.1) is 6.61 Å². The van der Waals surface area contributed by atoms with Crippen molar-refractivity contribution in [1.29, 1.82) is 0 Å². The summed E-state index contributed by atoms with van der Waals surface area (Å²) < 4.78 is 13.7. The third-order valence-electron chi connectivity index (χ3n) is 5.99. The van der Waals surface area contributed by atoms with Crippen LogP contribution in [0.4, 0.5) is 4.39 Å². The van der Waals surface area contributed by atoms with Crippen LogP contribution in [0.1, 0.15) is 30.4 Å². The highest BCUT2D eigenvalue weighted by atomic mass is 35.5. The van der Waals surface area contributed by atoms with Gasteiger partial charge in [0, 0.05) is 29.1 Å². The van der Waals surface area contributed by atoms with Crippen LogP contribution in [0.2, 0.25) is 5.02 Å². The van der Waals surface area contributed by atoms with Crippen molar-refractivity contribution in [2.75, 3.05) is 6.61 Å². The van der Waals surface area contributed by atoms with Crippen molar-refractivity contribution in [2.45, 2.75) is 44.3 Å². The summed E-state index contributed by atoms with van der Waals surface area (Å²) in [6.07, 6.45) is 4.16. The largest absolute Gasteiger partial charge is 0.396 e. The lowest BCUT2D eigenvalue weighted by atomic mass is 9.70. The van der Waals surface area contributed by atoms with Crippen molar-refractivity contribution in [3.63, 3.8) is 0 Å². The minimum atomic E-state index is -0.285. The van der Waals surface area contributed by atoms with Crippen LogP contribution in [0.15, 0.2) is 48.5 Å². The molecule has 2 heterocycles. The Bertz CT molecular complexity index is 733. The van der Waals surface area contributed by atoms with E-state index in [1.54, 1.807) is 6.07 Å². The summed E-state index contributed by atoms with van der Waals surface area (Å²) in [5.74, 6) is -0.285. The van der Waals surface area contributed by atoms with E-state index in [1.807, 2.05) is 12.1 Å². The topological polar surface area (TPSA) is 23.5 Å². The zero-order valence-electron chi connectivity index (χ0n) is 14.2. The average Bonchev–Trinajstić information content (AvgIpc) is 3.10. The molecule has 25 heavy (non-hydrogen) atoms. The maximum absolute atomic E-state index is 13.7. The molecule has 0 spiro atoms. The molecule has 1 N–H and O–H groups in total. The van der Waals surface area contributed by atoms with E-state index in [9.17, 15) is 9.50 Å². The third-order valence-corrected chi connectivity index (χ3v) is 6.21. The maximum Gasteiger partial charge on any atom is 0.125 e. The van der Waals surface area contributed by atoms with Crippen molar-refractivity contribution in [2.24, 2.45) is 5.41 Å². The van der Waals surface area contributed by atoms with Gasteiger partial charge in [-0.1, -0.05) is 41.9 Å². The Morgan fingerprint density at radius 2 is 1.92 bits per heavy atom. The van der Waals surface area contributed by atoms with Gasteiger partial charge >= 0.3 is 0 Å². The predicted molar refractivity (Wildman–Crippen MR) is 98.0 cm³/mol. The molecule has 132 valence electrons. The van der Waals surface area contributed by atoms with Crippen LogP contribution in [0.5, 0.6) is 0 Å². The van der Waals surface area contributed by atoms with E-state index in [0.29, 0.717) is 23.7 Å². The van der Waals surface area contributed by atoms with E-state index in [0.717, 1.165) is 31.2 Å². The van der Waals surface area contributed by atoms with Crippen LogP contribution in [-0.2, 0) is 13.0 Å². The Balaban J connectivity index is 1.57. The Labute approximate surface area is 153 Å². The fraction of sp³-hybridized carbons (Fsp3) is 0.429. The molecule has 2 bridgehead atoms. The van der Waals surface area contributed by atoms with Gasteiger partial charge in [0.1, 0.15) is 5.82 Å². The number of fused-ring (bicyclic) bond motifs is 2. The van der Waals surface area contributed by atoms with Crippen LogP contribution >= 0.6 is 11.6 Å². The summed E-state index contributed by atoms with van der Waals surface area (Å²) in [6.45, 7) is 0.896. The second kappa shape index (κ2) is 6.71. The van der Waals surface area contributed by atoms with Gasteiger partial charge in [-0.3, -0.25) is 4.90 Å². The first-order chi connectivity index (χ1) is 12.1.